The van der Waals surface area contributed by atoms with Gasteiger partial charge in [-0.15, -0.1) is 0 Å². The Labute approximate surface area is 209 Å². The fourth-order valence-electron chi connectivity index (χ4n) is 3.63. The number of ether oxygens (including phenoxy) is 1. The predicted molar refractivity (Wildman–Crippen MR) is 130 cm³/mol. The van der Waals surface area contributed by atoms with Crippen LogP contribution >= 0.6 is 0 Å². The standard InChI is InChI=1S/C25H21FN6O5/c1-37-19-9-3-6-16(13-19)21-20(12-15-5-2-8-18(26)11-15)30-32(31-25(35)36)22(21)24(34)29-28-23(33)17-7-4-10-27-14-17/h2-11,13-14,31H,12H2,1H3,(H,28,33)(H,29,34)(H,35,36). The number of nitrogens with one attached hydrogen (secondary N) is 3. The highest BCUT2D eigenvalue weighted by Gasteiger charge is 2.27. The minimum atomic E-state index is -1.48. The van der Waals surface area contributed by atoms with E-state index in [0.29, 0.717) is 16.9 Å². The molecule has 4 aromatic rings. The Balaban J connectivity index is 1.78. The number of hydrogen-bond donors (Lipinski definition) is 4. The van der Waals surface area contributed by atoms with Gasteiger partial charge in [-0.05, 0) is 47.5 Å². The summed E-state index contributed by atoms with van der Waals surface area (Å²) in [4.78, 5) is 41.9. The van der Waals surface area contributed by atoms with Gasteiger partial charge in [-0.3, -0.25) is 25.4 Å². The van der Waals surface area contributed by atoms with Crippen molar-refractivity contribution in [3.63, 3.8) is 0 Å². The number of carbonyl (C=O) groups excluding carboxylic acids is 2. The molecule has 37 heavy (non-hydrogen) atoms. The number of hydrazine groups is 1. The molecule has 4 N–H and O–H groups in total. The number of halogens is 1. The van der Waals surface area contributed by atoms with Crippen molar-refractivity contribution in [3.8, 4) is 16.9 Å². The molecule has 0 aliphatic carbocycles. The second-order valence-electron chi connectivity index (χ2n) is 7.69. The van der Waals surface area contributed by atoms with E-state index in [2.05, 4.69) is 26.4 Å². The Kier molecular flexibility index (Phi) is 7.38. The van der Waals surface area contributed by atoms with Crippen LogP contribution in [0.25, 0.3) is 11.1 Å². The van der Waals surface area contributed by atoms with Gasteiger partial charge in [0.05, 0.1) is 18.4 Å². The van der Waals surface area contributed by atoms with E-state index in [9.17, 15) is 23.9 Å². The zero-order chi connectivity index (χ0) is 26.4. The Hall–Kier alpha value is -5.26. The zero-order valence-electron chi connectivity index (χ0n) is 19.4. The Morgan fingerprint density at radius 2 is 1.81 bits per heavy atom. The number of pyridine rings is 1. The summed E-state index contributed by atoms with van der Waals surface area (Å²) in [5.41, 5.74) is 8.16. The van der Waals surface area contributed by atoms with Crippen LogP contribution in [0.4, 0.5) is 9.18 Å². The third-order valence-corrected chi connectivity index (χ3v) is 5.21. The van der Waals surface area contributed by atoms with Crippen LogP contribution in [0.2, 0.25) is 0 Å². The molecule has 11 nitrogen and oxygen atoms in total. The lowest BCUT2D eigenvalue weighted by molar-refractivity contribution is 0.0841. The predicted octanol–water partition coefficient (Wildman–Crippen LogP) is 2.98. The molecule has 0 saturated heterocycles. The van der Waals surface area contributed by atoms with Crippen LogP contribution in [-0.4, -0.2) is 45.0 Å². The molecule has 2 aromatic heterocycles. The third-order valence-electron chi connectivity index (χ3n) is 5.21. The van der Waals surface area contributed by atoms with Gasteiger partial charge in [0.1, 0.15) is 11.6 Å². The molecule has 2 aromatic carbocycles. The highest BCUT2D eigenvalue weighted by atomic mass is 19.1. The van der Waals surface area contributed by atoms with Crippen molar-refractivity contribution >= 4 is 17.9 Å². The van der Waals surface area contributed by atoms with Gasteiger partial charge >= 0.3 is 6.09 Å². The van der Waals surface area contributed by atoms with Crippen LogP contribution in [0.5, 0.6) is 5.75 Å². The molecular formula is C25H21FN6O5. The van der Waals surface area contributed by atoms with Gasteiger partial charge in [0.2, 0.25) is 0 Å². The van der Waals surface area contributed by atoms with Gasteiger partial charge in [0, 0.05) is 24.4 Å². The Bertz CT molecular complexity index is 1460. The van der Waals surface area contributed by atoms with Crippen molar-refractivity contribution in [1.29, 1.82) is 0 Å². The average molecular weight is 504 g/mol. The number of methoxy groups -OCH3 is 1. The van der Waals surface area contributed by atoms with Gasteiger partial charge in [-0.2, -0.15) is 9.89 Å². The molecule has 2 heterocycles. The lowest BCUT2D eigenvalue weighted by atomic mass is 9.98. The van der Waals surface area contributed by atoms with Crippen LogP contribution in [-0.2, 0) is 6.42 Å². The van der Waals surface area contributed by atoms with Crippen LogP contribution < -0.4 is 21.0 Å². The van der Waals surface area contributed by atoms with Gasteiger partial charge in [0.25, 0.3) is 11.8 Å². The molecule has 12 heteroatoms. The lowest BCUT2D eigenvalue weighted by Crippen LogP contribution is -2.43. The summed E-state index contributed by atoms with van der Waals surface area (Å²) >= 11 is 0. The Morgan fingerprint density at radius 3 is 2.51 bits per heavy atom. The molecule has 188 valence electrons. The van der Waals surface area contributed by atoms with Crippen molar-refractivity contribution in [2.45, 2.75) is 6.42 Å². The van der Waals surface area contributed by atoms with E-state index in [1.165, 1.54) is 43.8 Å². The summed E-state index contributed by atoms with van der Waals surface area (Å²) < 4.78 is 19.2. The molecule has 0 fully saturated rings. The lowest BCUT2D eigenvalue weighted by Gasteiger charge is -2.12. The molecular weight excluding hydrogens is 483 g/mol. The van der Waals surface area contributed by atoms with Crippen molar-refractivity contribution in [2.75, 3.05) is 12.5 Å². The number of aromatic nitrogens is 3. The molecule has 0 aliphatic rings. The number of nitrogens with zero attached hydrogens (tertiary/aromatic N) is 3. The number of carbonyl (C=O) groups is 3. The quantitative estimate of drug-likeness (QED) is 0.283. The number of carboxylic acid groups (broad SMARTS) is 1. The number of benzene rings is 2. The first kappa shape index (κ1) is 24.9. The number of rotatable bonds is 7. The van der Waals surface area contributed by atoms with Crippen molar-refractivity contribution in [2.24, 2.45) is 0 Å². The van der Waals surface area contributed by atoms with Gasteiger partial charge < -0.3 is 9.84 Å². The van der Waals surface area contributed by atoms with E-state index in [4.69, 9.17) is 4.74 Å². The van der Waals surface area contributed by atoms with E-state index >= 15 is 0 Å². The van der Waals surface area contributed by atoms with Crippen molar-refractivity contribution in [1.82, 2.24) is 25.7 Å². The average Bonchev–Trinajstić information content (AvgIpc) is 3.24. The smallest absolute Gasteiger partial charge is 0.425 e. The monoisotopic (exact) mass is 504 g/mol. The molecule has 0 unspecified atom stereocenters. The number of hydrogen-bond acceptors (Lipinski definition) is 6. The largest absolute Gasteiger partial charge is 0.497 e. The number of amides is 3. The maximum Gasteiger partial charge on any atom is 0.425 e. The minimum Gasteiger partial charge on any atom is -0.497 e. The second kappa shape index (κ2) is 11.0. The molecule has 3 amide bonds. The maximum absolute atomic E-state index is 13.9. The van der Waals surface area contributed by atoms with E-state index in [1.807, 2.05) is 0 Å². The topological polar surface area (TPSA) is 147 Å². The summed E-state index contributed by atoms with van der Waals surface area (Å²) in [7, 11) is 1.48. The summed E-state index contributed by atoms with van der Waals surface area (Å²) in [6.07, 6.45) is 1.40. The summed E-state index contributed by atoms with van der Waals surface area (Å²) in [5.74, 6) is -1.48. The van der Waals surface area contributed by atoms with Crippen LogP contribution in [0, 0.1) is 5.82 Å². The van der Waals surface area contributed by atoms with Crippen molar-refractivity contribution < 1.29 is 28.6 Å². The fourth-order valence-corrected chi connectivity index (χ4v) is 3.63. The van der Waals surface area contributed by atoms with E-state index in [0.717, 1.165) is 4.79 Å². The van der Waals surface area contributed by atoms with Crippen LogP contribution in [0.3, 0.4) is 0 Å². The second-order valence-corrected chi connectivity index (χ2v) is 7.69. The maximum atomic E-state index is 13.9. The van der Waals surface area contributed by atoms with Gasteiger partial charge in [-0.25, -0.2) is 14.6 Å². The van der Waals surface area contributed by atoms with E-state index < -0.39 is 23.7 Å². The highest BCUT2D eigenvalue weighted by molar-refractivity contribution is 6.02. The Morgan fingerprint density at radius 1 is 1.03 bits per heavy atom. The molecule has 4 rings (SSSR count). The van der Waals surface area contributed by atoms with Gasteiger partial charge in [0.15, 0.2) is 5.69 Å². The fraction of sp³-hybridized carbons (Fsp3) is 0.0800. The first-order valence-electron chi connectivity index (χ1n) is 10.9. The molecule has 0 bridgehead atoms. The first-order chi connectivity index (χ1) is 17.9. The normalized spacial score (nSPS) is 10.4. The van der Waals surface area contributed by atoms with E-state index in [-0.39, 0.29) is 28.9 Å². The molecule has 0 saturated carbocycles. The summed E-state index contributed by atoms with van der Waals surface area (Å²) in [6.45, 7) is 0. The molecule has 0 aliphatic heterocycles. The molecule has 0 radical (unpaired) electrons. The zero-order valence-corrected chi connectivity index (χ0v) is 19.4. The van der Waals surface area contributed by atoms with E-state index in [1.54, 1.807) is 36.4 Å². The van der Waals surface area contributed by atoms with Gasteiger partial charge in [-0.1, -0.05) is 24.3 Å². The molecule has 0 spiro atoms. The summed E-state index contributed by atoms with van der Waals surface area (Å²) in [5, 5.41) is 13.7. The third kappa shape index (κ3) is 5.88. The van der Waals surface area contributed by atoms with Crippen LogP contribution in [0.15, 0.2) is 73.1 Å². The minimum absolute atomic E-state index is 0.0704. The molecule has 0 atom stereocenters. The summed E-state index contributed by atoms with van der Waals surface area (Å²) in [6, 6.07) is 15.6. The highest BCUT2D eigenvalue weighted by Crippen LogP contribution is 2.31. The van der Waals surface area contributed by atoms with Crippen LogP contribution in [0.1, 0.15) is 32.1 Å². The first-order valence-corrected chi connectivity index (χ1v) is 10.9. The van der Waals surface area contributed by atoms with Crippen molar-refractivity contribution in [3.05, 3.63) is 101 Å². The SMILES string of the molecule is COc1cccc(-c2c(Cc3cccc(F)c3)nn(NC(=O)O)c2C(=O)NNC(=O)c2cccnc2)c1.